The van der Waals surface area contributed by atoms with Gasteiger partial charge in [0.15, 0.2) is 5.82 Å². The Morgan fingerprint density at radius 1 is 1.24 bits per heavy atom. The fraction of sp³-hybridized carbons (Fsp3) is 0.562. The average molecular weight is 285 g/mol. The van der Waals surface area contributed by atoms with E-state index in [1.54, 1.807) is 0 Å². The van der Waals surface area contributed by atoms with Gasteiger partial charge in [-0.3, -0.25) is 0 Å². The molecule has 2 aromatic rings. The first kappa shape index (κ1) is 14.0. The number of tetrazole rings is 1. The molecule has 5 nitrogen and oxygen atoms in total. The summed E-state index contributed by atoms with van der Waals surface area (Å²) in [5, 5.41) is 12.3. The van der Waals surface area contributed by atoms with E-state index in [-0.39, 0.29) is 0 Å². The topological polar surface area (TPSA) is 69.6 Å². The number of aromatic nitrogens is 4. The molecule has 0 bridgehead atoms. The van der Waals surface area contributed by atoms with Crippen molar-refractivity contribution in [3.05, 3.63) is 23.8 Å². The molecule has 3 rings (SSSR count). The Bertz CT molecular complexity index is 611. The predicted molar refractivity (Wildman–Crippen MR) is 83.5 cm³/mol. The quantitative estimate of drug-likeness (QED) is 0.880. The summed E-state index contributed by atoms with van der Waals surface area (Å²) in [6, 6.07) is 5.91. The van der Waals surface area contributed by atoms with Crippen LogP contribution >= 0.6 is 0 Å². The van der Waals surface area contributed by atoms with E-state index in [0.717, 1.165) is 35.1 Å². The van der Waals surface area contributed by atoms with Gasteiger partial charge in [0.1, 0.15) is 0 Å². The van der Waals surface area contributed by atoms with Crippen LogP contribution in [-0.2, 0) is 6.54 Å². The first-order valence-corrected chi connectivity index (χ1v) is 7.76. The molecule has 1 aliphatic carbocycles. The molecular weight excluding hydrogens is 262 g/mol. The van der Waals surface area contributed by atoms with E-state index in [0.29, 0.717) is 5.92 Å². The molecule has 0 amide bonds. The molecule has 21 heavy (non-hydrogen) atoms. The van der Waals surface area contributed by atoms with Crippen LogP contribution < -0.4 is 5.73 Å². The molecule has 0 saturated heterocycles. The van der Waals surface area contributed by atoms with Gasteiger partial charge in [0.05, 0.1) is 0 Å². The summed E-state index contributed by atoms with van der Waals surface area (Å²) in [6.07, 6.45) is 5.19. The number of anilines is 1. The van der Waals surface area contributed by atoms with E-state index in [4.69, 9.17) is 5.73 Å². The van der Waals surface area contributed by atoms with Gasteiger partial charge in [-0.15, -0.1) is 5.10 Å². The van der Waals surface area contributed by atoms with E-state index in [2.05, 4.69) is 22.4 Å². The van der Waals surface area contributed by atoms with E-state index in [9.17, 15) is 0 Å². The standard InChI is InChI=1S/C16H23N5/c1-11-6-8-13(9-7-11)10-21-16(18-19-20-21)14-4-3-5-15(17)12(14)2/h3-5,11,13H,6-10,17H2,1-2H3. The van der Waals surface area contributed by atoms with Gasteiger partial charge >= 0.3 is 0 Å². The van der Waals surface area contributed by atoms with Crippen LogP contribution in [0.25, 0.3) is 11.4 Å². The van der Waals surface area contributed by atoms with Gasteiger partial charge in [0.2, 0.25) is 0 Å². The Morgan fingerprint density at radius 3 is 2.76 bits per heavy atom. The molecule has 0 aliphatic heterocycles. The summed E-state index contributed by atoms with van der Waals surface area (Å²) in [7, 11) is 0. The highest BCUT2D eigenvalue weighted by molar-refractivity contribution is 5.67. The third-order valence-electron chi connectivity index (χ3n) is 4.72. The molecule has 1 aliphatic rings. The van der Waals surface area contributed by atoms with Gasteiger partial charge in [-0.1, -0.05) is 31.9 Å². The molecule has 0 radical (unpaired) electrons. The summed E-state index contributed by atoms with van der Waals surface area (Å²) in [6.45, 7) is 5.27. The molecule has 1 saturated carbocycles. The maximum absolute atomic E-state index is 6.00. The van der Waals surface area contributed by atoms with Crippen LogP contribution in [0.5, 0.6) is 0 Å². The Morgan fingerprint density at radius 2 is 2.00 bits per heavy atom. The summed E-state index contributed by atoms with van der Waals surface area (Å²) < 4.78 is 1.95. The molecule has 1 aromatic heterocycles. The number of hydrogen-bond acceptors (Lipinski definition) is 4. The molecular formula is C16H23N5. The van der Waals surface area contributed by atoms with Gasteiger partial charge in [-0.2, -0.15) is 0 Å². The number of nitrogens with zero attached hydrogens (tertiary/aromatic N) is 4. The van der Waals surface area contributed by atoms with Gasteiger partial charge in [-0.05, 0) is 53.7 Å². The van der Waals surface area contributed by atoms with Crippen LogP contribution in [0.1, 0.15) is 38.2 Å². The van der Waals surface area contributed by atoms with Gasteiger partial charge in [0.25, 0.3) is 0 Å². The van der Waals surface area contributed by atoms with Crippen molar-refractivity contribution in [3.8, 4) is 11.4 Å². The van der Waals surface area contributed by atoms with Gasteiger partial charge < -0.3 is 5.73 Å². The lowest BCUT2D eigenvalue weighted by Gasteiger charge is -2.26. The first-order valence-electron chi connectivity index (χ1n) is 7.76. The predicted octanol–water partition coefficient (Wildman–Crippen LogP) is 3.06. The zero-order chi connectivity index (χ0) is 14.8. The first-order chi connectivity index (χ1) is 10.1. The van der Waals surface area contributed by atoms with E-state index >= 15 is 0 Å². The van der Waals surface area contributed by atoms with Gasteiger partial charge in [0, 0.05) is 17.8 Å². The fourth-order valence-corrected chi connectivity index (χ4v) is 3.17. The summed E-state index contributed by atoms with van der Waals surface area (Å²) >= 11 is 0. The van der Waals surface area contributed by atoms with Crippen molar-refractivity contribution < 1.29 is 0 Å². The molecule has 0 unspecified atom stereocenters. The lowest BCUT2D eigenvalue weighted by atomic mass is 9.83. The van der Waals surface area contributed by atoms with Crippen molar-refractivity contribution in [1.82, 2.24) is 20.2 Å². The van der Waals surface area contributed by atoms with E-state index in [1.807, 2.05) is 29.8 Å². The minimum Gasteiger partial charge on any atom is -0.398 e. The largest absolute Gasteiger partial charge is 0.398 e. The van der Waals surface area contributed by atoms with Crippen molar-refractivity contribution >= 4 is 5.69 Å². The molecule has 5 heteroatoms. The lowest BCUT2D eigenvalue weighted by molar-refractivity contribution is 0.257. The number of nitrogen functional groups attached to an aromatic ring is 1. The van der Waals surface area contributed by atoms with E-state index in [1.165, 1.54) is 25.7 Å². The normalized spacial score (nSPS) is 22.4. The SMILES string of the molecule is Cc1c(N)cccc1-c1nnnn1CC1CCC(C)CC1. The van der Waals surface area contributed by atoms with Crippen molar-refractivity contribution in [2.45, 2.75) is 46.1 Å². The number of nitrogens with two attached hydrogens (primary N) is 1. The monoisotopic (exact) mass is 285 g/mol. The third-order valence-corrected chi connectivity index (χ3v) is 4.72. The molecule has 1 heterocycles. The maximum Gasteiger partial charge on any atom is 0.182 e. The van der Waals surface area contributed by atoms with E-state index < -0.39 is 0 Å². The maximum atomic E-state index is 6.00. The number of hydrogen-bond donors (Lipinski definition) is 1. The molecule has 1 fully saturated rings. The second-order valence-corrected chi connectivity index (χ2v) is 6.33. The highest BCUT2D eigenvalue weighted by Gasteiger charge is 2.21. The molecule has 0 atom stereocenters. The minimum atomic E-state index is 0.685. The second-order valence-electron chi connectivity index (χ2n) is 6.33. The number of rotatable bonds is 3. The van der Waals surface area contributed by atoms with Crippen LogP contribution in [0.2, 0.25) is 0 Å². The van der Waals surface area contributed by atoms with Crippen LogP contribution in [-0.4, -0.2) is 20.2 Å². The third kappa shape index (κ3) is 2.91. The average Bonchev–Trinajstić information content (AvgIpc) is 2.92. The van der Waals surface area contributed by atoms with Crippen LogP contribution in [0, 0.1) is 18.8 Å². The Labute approximate surface area is 125 Å². The van der Waals surface area contributed by atoms with Crippen LogP contribution in [0.15, 0.2) is 18.2 Å². The van der Waals surface area contributed by atoms with Crippen molar-refractivity contribution in [2.75, 3.05) is 5.73 Å². The molecule has 0 spiro atoms. The Balaban J connectivity index is 1.82. The highest BCUT2D eigenvalue weighted by Crippen LogP contribution is 2.31. The molecule has 2 N–H and O–H groups in total. The molecule has 1 aromatic carbocycles. The van der Waals surface area contributed by atoms with Gasteiger partial charge in [-0.25, -0.2) is 4.68 Å². The van der Waals surface area contributed by atoms with Crippen molar-refractivity contribution in [1.29, 1.82) is 0 Å². The summed E-state index contributed by atoms with van der Waals surface area (Å²) in [5.41, 5.74) is 8.86. The summed E-state index contributed by atoms with van der Waals surface area (Å²) in [4.78, 5) is 0. The smallest absolute Gasteiger partial charge is 0.182 e. The number of benzene rings is 1. The van der Waals surface area contributed by atoms with Crippen LogP contribution in [0.4, 0.5) is 5.69 Å². The molecule has 112 valence electrons. The Hall–Kier alpha value is -1.91. The minimum absolute atomic E-state index is 0.685. The zero-order valence-electron chi connectivity index (χ0n) is 12.8. The lowest BCUT2D eigenvalue weighted by Crippen LogP contribution is -2.19. The summed E-state index contributed by atoms with van der Waals surface area (Å²) in [5.74, 6) is 2.38. The Kier molecular flexibility index (Phi) is 3.90. The van der Waals surface area contributed by atoms with Crippen LogP contribution in [0.3, 0.4) is 0 Å². The zero-order valence-corrected chi connectivity index (χ0v) is 12.8. The highest BCUT2D eigenvalue weighted by atomic mass is 15.5. The fourth-order valence-electron chi connectivity index (χ4n) is 3.17. The van der Waals surface area contributed by atoms with Crippen molar-refractivity contribution in [2.24, 2.45) is 11.8 Å². The second kappa shape index (κ2) is 5.84. The van der Waals surface area contributed by atoms with Crippen molar-refractivity contribution in [3.63, 3.8) is 0 Å².